The number of fused-ring (bicyclic) bond motifs is 1. The zero-order valence-electron chi connectivity index (χ0n) is 16.0. The van der Waals surface area contributed by atoms with Crippen LogP contribution in [0, 0.1) is 46.8 Å². The molecular weight excluding hydrogens is 344 g/mol. The summed E-state index contributed by atoms with van der Waals surface area (Å²) >= 11 is 0. The van der Waals surface area contributed by atoms with Gasteiger partial charge < -0.3 is 15.6 Å². The van der Waals surface area contributed by atoms with Crippen LogP contribution in [0.15, 0.2) is 18.2 Å². The van der Waals surface area contributed by atoms with Crippen LogP contribution in [0.4, 0.5) is 0 Å². The number of hydrogen-bond donors (Lipinski definition) is 2. The number of carbonyl (C=O) groups excluding carboxylic acids is 1. The predicted molar refractivity (Wildman–Crippen MR) is 99.0 cm³/mol. The Balaban J connectivity index is 2.02. The largest absolute Gasteiger partial charge is 0.496 e. The Morgan fingerprint density at radius 3 is 2.63 bits per heavy atom. The molecule has 144 valence electrons. The molecule has 6 nitrogen and oxygen atoms in total. The van der Waals surface area contributed by atoms with Crippen LogP contribution in [0.5, 0.6) is 5.75 Å². The number of aliphatic carboxylic acids is 1. The number of nitrogens with zero attached hydrogens (tertiary/aromatic N) is 1. The molecule has 0 amide bonds. The number of ether oxygens (including phenoxy) is 1. The lowest BCUT2D eigenvalue weighted by Gasteiger charge is -2.37. The fourth-order valence-electron chi connectivity index (χ4n) is 5.91. The molecule has 2 fully saturated rings. The van der Waals surface area contributed by atoms with Crippen molar-refractivity contribution in [3.63, 3.8) is 0 Å². The lowest BCUT2D eigenvalue weighted by Crippen LogP contribution is -2.48. The van der Waals surface area contributed by atoms with Crippen molar-refractivity contribution in [1.82, 2.24) is 0 Å². The number of aryl methyl sites for hydroxylation is 1. The van der Waals surface area contributed by atoms with Crippen molar-refractivity contribution >= 4 is 11.8 Å². The first-order valence-electron chi connectivity index (χ1n) is 9.34. The maximum atomic E-state index is 12.9. The quantitative estimate of drug-likeness (QED) is 0.761. The molecular formula is C21H26N2O4. The lowest BCUT2D eigenvalue weighted by molar-refractivity contribution is -0.142. The maximum absolute atomic E-state index is 12.9. The number of carbonyl (C=O) groups is 2. The van der Waals surface area contributed by atoms with Gasteiger partial charge in [0.15, 0.2) is 5.78 Å². The number of hydrogen-bond acceptors (Lipinski definition) is 5. The highest BCUT2D eigenvalue weighted by Crippen LogP contribution is 2.79. The van der Waals surface area contributed by atoms with E-state index in [-0.39, 0.29) is 24.2 Å². The SMILES string of the molecule is CCC12C(CC(Cc3ccc(OC)c(C)c3)C1(C#N)C(=O)CN)C2C(=O)O. The van der Waals surface area contributed by atoms with Gasteiger partial charge in [0.05, 0.1) is 25.6 Å². The summed E-state index contributed by atoms with van der Waals surface area (Å²) < 4.78 is 5.30. The summed E-state index contributed by atoms with van der Waals surface area (Å²) in [5.74, 6) is -1.45. The number of Topliss-reactive ketones (excluding diaryl/α,β-unsaturated/α-hetero) is 1. The van der Waals surface area contributed by atoms with Crippen LogP contribution in [0.3, 0.4) is 0 Å². The van der Waals surface area contributed by atoms with E-state index < -0.39 is 22.7 Å². The third-order valence-corrected chi connectivity index (χ3v) is 6.99. The van der Waals surface area contributed by atoms with Gasteiger partial charge in [0.2, 0.25) is 0 Å². The van der Waals surface area contributed by atoms with Crippen molar-refractivity contribution in [2.24, 2.45) is 34.3 Å². The first kappa shape index (κ1) is 19.4. The molecule has 5 unspecified atom stereocenters. The van der Waals surface area contributed by atoms with Gasteiger partial charge in [-0.2, -0.15) is 5.26 Å². The second kappa shape index (κ2) is 6.65. The van der Waals surface area contributed by atoms with Gasteiger partial charge in [0.25, 0.3) is 0 Å². The van der Waals surface area contributed by atoms with E-state index in [1.165, 1.54) is 0 Å². The number of benzene rings is 1. The molecule has 2 saturated carbocycles. The zero-order chi connectivity index (χ0) is 20.0. The van der Waals surface area contributed by atoms with Crippen LogP contribution in [0.1, 0.15) is 30.9 Å². The summed E-state index contributed by atoms with van der Waals surface area (Å²) in [6, 6.07) is 8.12. The molecule has 2 aliphatic rings. The molecule has 0 heterocycles. The Hall–Kier alpha value is -2.39. The first-order chi connectivity index (χ1) is 12.8. The second-order valence-corrected chi connectivity index (χ2v) is 7.80. The average molecular weight is 370 g/mol. The van der Waals surface area contributed by atoms with E-state index >= 15 is 0 Å². The lowest BCUT2D eigenvalue weighted by atomic mass is 9.61. The Morgan fingerprint density at radius 2 is 2.15 bits per heavy atom. The number of carboxylic acid groups (broad SMARTS) is 1. The minimum Gasteiger partial charge on any atom is -0.496 e. The Kier molecular flexibility index (Phi) is 4.77. The van der Waals surface area contributed by atoms with E-state index in [1.807, 2.05) is 32.0 Å². The molecule has 27 heavy (non-hydrogen) atoms. The smallest absolute Gasteiger partial charge is 0.307 e. The van der Waals surface area contributed by atoms with Crippen molar-refractivity contribution in [2.75, 3.05) is 13.7 Å². The van der Waals surface area contributed by atoms with Gasteiger partial charge in [-0.25, -0.2) is 0 Å². The molecule has 0 spiro atoms. The summed E-state index contributed by atoms with van der Waals surface area (Å²) in [5, 5.41) is 19.8. The number of methoxy groups -OCH3 is 1. The van der Waals surface area contributed by atoms with Crippen molar-refractivity contribution in [2.45, 2.75) is 33.1 Å². The van der Waals surface area contributed by atoms with E-state index in [0.717, 1.165) is 16.9 Å². The van der Waals surface area contributed by atoms with E-state index in [0.29, 0.717) is 19.3 Å². The van der Waals surface area contributed by atoms with Crippen molar-refractivity contribution in [3.8, 4) is 11.8 Å². The summed E-state index contributed by atoms with van der Waals surface area (Å²) in [7, 11) is 1.62. The number of rotatable bonds is 7. The van der Waals surface area contributed by atoms with Crippen LogP contribution in [-0.4, -0.2) is 30.5 Å². The summed E-state index contributed by atoms with van der Waals surface area (Å²) in [6.07, 6.45) is 1.61. The maximum Gasteiger partial charge on any atom is 0.307 e. The van der Waals surface area contributed by atoms with Crippen LogP contribution >= 0.6 is 0 Å². The monoisotopic (exact) mass is 370 g/mol. The van der Waals surface area contributed by atoms with Gasteiger partial charge in [-0.1, -0.05) is 19.1 Å². The highest BCUT2D eigenvalue weighted by Gasteiger charge is 2.83. The minimum absolute atomic E-state index is 0.139. The normalized spacial score (nSPS) is 33.8. The highest BCUT2D eigenvalue weighted by atomic mass is 16.5. The van der Waals surface area contributed by atoms with Gasteiger partial charge in [-0.05, 0) is 55.2 Å². The molecule has 0 aromatic heterocycles. The molecule has 0 aliphatic heterocycles. The Bertz CT molecular complexity index is 830. The topological polar surface area (TPSA) is 113 Å². The molecule has 0 radical (unpaired) electrons. The van der Waals surface area contributed by atoms with Crippen LogP contribution < -0.4 is 10.5 Å². The standard InChI is InChI=1S/C21H26N2O4/c1-4-20-15(18(20)19(25)26)9-14(21(20,11-23)17(24)10-22)8-13-5-6-16(27-3)12(2)7-13/h5-7,14-15,18H,4,8-10,22H2,1-3H3,(H,25,26). The van der Waals surface area contributed by atoms with Gasteiger partial charge in [0, 0.05) is 5.41 Å². The molecule has 0 bridgehead atoms. The summed E-state index contributed by atoms with van der Waals surface area (Å²) in [5.41, 5.74) is 5.55. The van der Waals surface area contributed by atoms with E-state index in [2.05, 4.69) is 6.07 Å². The van der Waals surface area contributed by atoms with Gasteiger partial charge in [0.1, 0.15) is 11.2 Å². The van der Waals surface area contributed by atoms with Gasteiger partial charge >= 0.3 is 5.97 Å². The number of ketones is 1. The fraction of sp³-hybridized carbons (Fsp3) is 0.571. The molecule has 3 rings (SSSR count). The molecule has 1 aromatic carbocycles. The van der Waals surface area contributed by atoms with Crippen LogP contribution in [0.2, 0.25) is 0 Å². The van der Waals surface area contributed by atoms with E-state index in [4.69, 9.17) is 10.5 Å². The Morgan fingerprint density at radius 1 is 1.44 bits per heavy atom. The first-order valence-corrected chi connectivity index (χ1v) is 9.34. The third kappa shape index (κ3) is 2.41. The van der Waals surface area contributed by atoms with Crippen LogP contribution in [0.25, 0.3) is 0 Å². The average Bonchev–Trinajstić information content (AvgIpc) is 3.23. The number of nitrogens with two attached hydrogens (primary N) is 1. The highest BCUT2D eigenvalue weighted by molar-refractivity contribution is 5.94. The molecule has 5 atom stereocenters. The van der Waals surface area contributed by atoms with Crippen molar-refractivity contribution < 1.29 is 19.4 Å². The number of carboxylic acids is 1. The fourth-order valence-corrected chi connectivity index (χ4v) is 5.91. The van der Waals surface area contributed by atoms with Gasteiger partial charge in [-0.15, -0.1) is 0 Å². The van der Waals surface area contributed by atoms with Crippen LogP contribution in [-0.2, 0) is 16.0 Å². The van der Waals surface area contributed by atoms with Gasteiger partial charge in [-0.3, -0.25) is 9.59 Å². The summed E-state index contributed by atoms with van der Waals surface area (Å²) in [4.78, 5) is 24.7. The minimum atomic E-state index is -1.34. The van der Waals surface area contributed by atoms with Crippen molar-refractivity contribution in [1.29, 1.82) is 5.26 Å². The third-order valence-electron chi connectivity index (χ3n) is 6.99. The number of nitriles is 1. The molecule has 1 aromatic rings. The second-order valence-electron chi connectivity index (χ2n) is 7.80. The molecule has 2 aliphatic carbocycles. The predicted octanol–water partition coefficient (Wildman–Crippen LogP) is 2.33. The van der Waals surface area contributed by atoms with Crippen molar-refractivity contribution in [3.05, 3.63) is 29.3 Å². The molecule has 6 heteroatoms. The van der Waals surface area contributed by atoms with E-state index in [1.54, 1.807) is 7.11 Å². The Labute approximate surface area is 159 Å². The molecule has 0 saturated heterocycles. The summed E-state index contributed by atoms with van der Waals surface area (Å²) in [6.45, 7) is 3.59. The zero-order valence-corrected chi connectivity index (χ0v) is 16.0. The molecule has 3 N–H and O–H groups in total. The van der Waals surface area contributed by atoms with E-state index in [9.17, 15) is 20.0 Å².